The second kappa shape index (κ2) is 5.43. The number of aryl methyl sites for hydroxylation is 2. The van der Waals surface area contributed by atoms with Crippen LogP contribution in [0.2, 0.25) is 0 Å². The van der Waals surface area contributed by atoms with Crippen molar-refractivity contribution in [2.24, 2.45) is 0 Å². The molecule has 2 nitrogen and oxygen atoms in total. The van der Waals surface area contributed by atoms with Crippen LogP contribution >= 0.6 is 0 Å². The van der Waals surface area contributed by atoms with E-state index in [2.05, 4.69) is 51.1 Å². The molecule has 0 aliphatic heterocycles. The highest BCUT2D eigenvalue weighted by Crippen LogP contribution is 2.32. The second-order valence-electron chi connectivity index (χ2n) is 5.30. The van der Waals surface area contributed by atoms with E-state index < -0.39 is 5.97 Å². The summed E-state index contributed by atoms with van der Waals surface area (Å²) < 4.78 is 0. The Bertz CT molecular complexity index is 614. The number of rotatable bonds is 4. The van der Waals surface area contributed by atoms with Crippen molar-refractivity contribution in [1.29, 1.82) is 0 Å². The van der Waals surface area contributed by atoms with Crippen molar-refractivity contribution < 1.29 is 9.90 Å². The quantitative estimate of drug-likeness (QED) is 0.879. The van der Waals surface area contributed by atoms with Crippen molar-refractivity contribution in [3.63, 3.8) is 0 Å². The molecule has 0 saturated carbocycles. The summed E-state index contributed by atoms with van der Waals surface area (Å²) in [7, 11) is 0. The van der Waals surface area contributed by atoms with Gasteiger partial charge in [0.05, 0.1) is 0 Å². The van der Waals surface area contributed by atoms with E-state index in [-0.39, 0.29) is 12.3 Å². The maximum atomic E-state index is 10.7. The van der Waals surface area contributed by atoms with E-state index in [0.29, 0.717) is 6.42 Å². The first-order chi connectivity index (χ1) is 9.00. The minimum atomic E-state index is -0.722. The van der Waals surface area contributed by atoms with Crippen molar-refractivity contribution in [2.75, 3.05) is 0 Å². The lowest BCUT2D eigenvalue weighted by atomic mass is 9.88. The average Bonchev–Trinajstić information content (AvgIpc) is 2.39. The van der Waals surface area contributed by atoms with Gasteiger partial charge in [-0.1, -0.05) is 37.3 Å². The number of fused-ring (bicyclic) bond motifs is 1. The lowest BCUT2D eigenvalue weighted by Gasteiger charge is -2.16. The summed E-state index contributed by atoms with van der Waals surface area (Å²) in [6, 6.07) is 10.6. The molecule has 1 N–H and O–H groups in total. The van der Waals surface area contributed by atoms with Gasteiger partial charge in [0.15, 0.2) is 0 Å². The molecule has 0 aromatic heterocycles. The molecule has 2 heteroatoms. The number of hydrogen-bond donors (Lipinski definition) is 1. The fourth-order valence-corrected chi connectivity index (χ4v) is 2.67. The molecular weight excluding hydrogens is 236 g/mol. The molecule has 0 spiro atoms. The minimum absolute atomic E-state index is 0.225. The van der Waals surface area contributed by atoms with Crippen LogP contribution < -0.4 is 0 Å². The molecule has 0 heterocycles. The highest BCUT2D eigenvalue weighted by molar-refractivity contribution is 5.91. The molecule has 2 aromatic rings. The van der Waals surface area contributed by atoms with Gasteiger partial charge in [-0.05, 0) is 53.6 Å². The smallest absolute Gasteiger partial charge is 0.303 e. The highest BCUT2D eigenvalue weighted by atomic mass is 16.4. The Balaban J connectivity index is 2.48. The number of aliphatic carboxylic acids is 1. The summed E-state index contributed by atoms with van der Waals surface area (Å²) in [5.41, 5.74) is 3.80. The molecule has 2 aromatic carbocycles. The third kappa shape index (κ3) is 2.78. The fraction of sp³-hybridized carbons (Fsp3) is 0.353. The molecule has 1 atom stereocenters. The number of carbonyl (C=O) groups is 1. The summed E-state index contributed by atoms with van der Waals surface area (Å²) in [5, 5.41) is 11.4. The molecule has 0 amide bonds. The van der Waals surface area contributed by atoms with Crippen LogP contribution in [0.5, 0.6) is 0 Å². The van der Waals surface area contributed by atoms with E-state index >= 15 is 0 Å². The summed E-state index contributed by atoms with van der Waals surface area (Å²) in [6.07, 6.45) is 0.907. The van der Waals surface area contributed by atoms with E-state index in [0.717, 1.165) is 0 Å². The van der Waals surface area contributed by atoms with Gasteiger partial charge in [-0.25, -0.2) is 0 Å². The van der Waals surface area contributed by atoms with Gasteiger partial charge in [0, 0.05) is 6.42 Å². The third-order valence-electron chi connectivity index (χ3n) is 3.82. The zero-order valence-corrected chi connectivity index (χ0v) is 11.7. The van der Waals surface area contributed by atoms with Crippen molar-refractivity contribution in [1.82, 2.24) is 0 Å². The third-order valence-corrected chi connectivity index (χ3v) is 3.82. The molecule has 1 unspecified atom stereocenters. The van der Waals surface area contributed by atoms with Crippen molar-refractivity contribution in [2.45, 2.75) is 39.5 Å². The van der Waals surface area contributed by atoms with Crippen molar-refractivity contribution in [3.05, 3.63) is 47.0 Å². The molecule has 100 valence electrons. The molecule has 0 radical (unpaired) electrons. The topological polar surface area (TPSA) is 37.3 Å². The molecule has 2 rings (SSSR count). The summed E-state index contributed by atoms with van der Waals surface area (Å²) in [5.74, 6) is -0.458. The van der Waals surface area contributed by atoms with E-state index in [4.69, 9.17) is 5.11 Å². The minimum Gasteiger partial charge on any atom is -0.481 e. The fourth-order valence-electron chi connectivity index (χ4n) is 2.67. The molecule has 0 aliphatic carbocycles. The van der Waals surface area contributed by atoms with Crippen LogP contribution in [0.3, 0.4) is 0 Å². The van der Waals surface area contributed by atoms with E-state index in [1.807, 2.05) is 0 Å². The Hall–Kier alpha value is -1.83. The Morgan fingerprint density at radius 1 is 1.16 bits per heavy atom. The van der Waals surface area contributed by atoms with Crippen LogP contribution in [0.25, 0.3) is 10.8 Å². The number of hydrogen-bond acceptors (Lipinski definition) is 1. The molecular formula is C17H20O2. The van der Waals surface area contributed by atoms with Crippen LogP contribution in [0.15, 0.2) is 30.3 Å². The Morgan fingerprint density at radius 2 is 1.84 bits per heavy atom. The number of benzene rings is 2. The molecule has 0 fully saturated rings. The Kier molecular flexibility index (Phi) is 3.89. The van der Waals surface area contributed by atoms with Gasteiger partial charge in [0.25, 0.3) is 0 Å². The van der Waals surface area contributed by atoms with Gasteiger partial charge in [-0.3, -0.25) is 4.79 Å². The largest absolute Gasteiger partial charge is 0.481 e. The zero-order chi connectivity index (χ0) is 14.0. The van der Waals surface area contributed by atoms with E-state index in [9.17, 15) is 4.79 Å². The van der Waals surface area contributed by atoms with Gasteiger partial charge in [-0.2, -0.15) is 0 Å². The second-order valence-corrected chi connectivity index (χ2v) is 5.30. The summed E-state index contributed by atoms with van der Waals surface area (Å²) >= 11 is 0. The van der Waals surface area contributed by atoms with Gasteiger partial charge in [0.2, 0.25) is 0 Å². The SMILES string of the molecule is Cc1ccc(C)c2c(C(C)CCC(=O)O)cccc12. The van der Waals surface area contributed by atoms with Crippen LogP contribution in [-0.2, 0) is 4.79 Å². The van der Waals surface area contributed by atoms with Crippen molar-refractivity contribution in [3.8, 4) is 0 Å². The van der Waals surface area contributed by atoms with Crippen LogP contribution in [0.1, 0.15) is 42.4 Å². The zero-order valence-electron chi connectivity index (χ0n) is 11.7. The van der Waals surface area contributed by atoms with Crippen LogP contribution in [0.4, 0.5) is 0 Å². The first-order valence-corrected chi connectivity index (χ1v) is 6.71. The number of carboxylic acids is 1. The predicted molar refractivity (Wildman–Crippen MR) is 78.7 cm³/mol. The molecule has 0 saturated heterocycles. The molecule has 19 heavy (non-hydrogen) atoms. The monoisotopic (exact) mass is 256 g/mol. The predicted octanol–water partition coefficient (Wildman–Crippen LogP) is 4.42. The standard InChI is InChI=1S/C17H20O2/c1-11-7-8-13(3)17-14(11)5-4-6-15(17)12(2)9-10-16(18)19/h4-8,12H,9-10H2,1-3H3,(H,18,19). The molecule has 0 aliphatic rings. The first-order valence-electron chi connectivity index (χ1n) is 6.71. The summed E-state index contributed by atoms with van der Waals surface area (Å²) in [6.45, 7) is 6.35. The summed E-state index contributed by atoms with van der Waals surface area (Å²) in [4.78, 5) is 10.7. The lowest BCUT2D eigenvalue weighted by Crippen LogP contribution is -2.01. The lowest BCUT2D eigenvalue weighted by molar-refractivity contribution is -0.137. The van der Waals surface area contributed by atoms with Gasteiger partial charge in [-0.15, -0.1) is 0 Å². The molecule has 0 bridgehead atoms. The Morgan fingerprint density at radius 3 is 2.53 bits per heavy atom. The maximum Gasteiger partial charge on any atom is 0.303 e. The van der Waals surface area contributed by atoms with Crippen molar-refractivity contribution >= 4 is 16.7 Å². The van der Waals surface area contributed by atoms with Crippen LogP contribution in [-0.4, -0.2) is 11.1 Å². The highest BCUT2D eigenvalue weighted by Gasteiger charge is 2.13. The van der Waals surface area contributed by atoms with Crippen LogP contribution in [0, 0.1) is 13.8 Å². The Labute approximate surface area is 114 Å². The first kappa shape index (κ1) is 13.6. The van der Waals surface area contributed by atoms with Gasteiger partial charge < -0.3 is 5.11 Å². The maximum absolute atomic E-state index is 10.7. The van der Waals surface area contributed by atoms with Gasteiger partial charge in [0.1, 0.15) is 0 Å². The normalized spacial score (nSPS) is 12.6. The average molecular weight is 256 g/mol. The van der Waals surface area contributed by atoms with E-state index in [1.165, 1.54) is 27.5 Å². The number of carboxylic acid groups (broad SMARTS) is 1. The van der Waals surface area contributed by atoms with Gasteiger partial charge >= 0.3 is 5.97 Å². The van der Waals surface area contributed by atoms with E-state index in [1.54, 1.807) is 0 Å².